The van der Waals surface area contributed by atoms with Crippen molar-refractivity contribution in [1.29, 1.82) is 0 Å². The molecule has 0 radical (unpaired) electrons. The first kappa shape index (κ1) is 24.5. The van der Waals surface area contributed by atoms with Gasteiger partial charge in [0.05, 0.1) is 18.5 Å². The minimum absolute atomic E-state index is 0.00198. The van der Waals surface area contributed by atoms with E-state index in [-0.39, 0.29) is 56.9 Å². The molecule has 5 aliphatic rings. The van der Waals surface area contributed by atoms with Crippen molar-refractivity contribution in [2.45, 2.75) is 109 Å². The van der Waals surface area contributed by atoms with Gasteiger partial charge in [0.15, 0.2) is 23.9 Å². The molecule has 0 aromatic rings. The lowest BCUT2D eigenvalue weighted by Gasteiger charge is -2.39. The van der Waals surface area contributed by atoms with Gasteiger partial charge in [0.25, 0.3) is 0 Å². The number of ether oxygens (including phenoxy) is 1. The third-order valence-corrected chi connectivity index (χ3v) is 18.3. The van der Waals surface area contributed by atoms with Crippen LogP contribution in [0.5, 0.6) is 0 Å². The number of ketones is 1. The van der Waals surface area contributed by atoms with Crippen LogP contribution in [-0.4, -0.2) is 51.8 Å². The molecule has 188 valence electrons. The lowest BCUT2D eigenvalue weighted by Crippen LogP contribution is -2.47. The van der Waals surface area contributed by atoms with E-state index in [0.717, 1.165) is 25.7 Å². The molecule has 2 aliphatic heterocycles. The molecule has 0 aromatic carbocycles. The van der Waals surface area contributed by atoms with Gasteiger partial charge in [-0.2, -0.15) is 0 Å². The molecule has 2 heterocycles. The van der Waals surface area contributed by atoms with Gasteiger partial charge in [0, 0.05) is 5.92 Å². The fraction of sp³-hybridized carbons (Fsp3) is 0.962. The molecule has 4 unspecified atom stereocenters. The van der Waals surface area contributed by atoms with Crippen LogP contribution in [0, 0.1) is 34.5 Å². The van der Waals surface area contributed by atoms with Crippen molar-refractivity contribution >= 4 is 23.9 Å². The third kappa shape index (κ3) is 3.27. The Bertz CT molecular complexity index is 966. The molecule has 3 saturated carbocycles. The molecule has 33 heavy (non-hydrogen) atoms. The van der Waals surface area contributed by atoms with Crippen molar-refractivity contribution in [1.82, 2.24) is 0 Å². The predicted octanol–water partition coefficient (Wildman–Crippen LogP) is 5.00. The van der Waals surface area contributed by atoms with Crippen molar-refractivity contribution in [3.05, 3.63) is 0 Å². The summed E-state index contributed by atoms with van der Waals surface area (Å²) in [5, 5.41) is -0.641. The van der Waals surface area contributed by atoms with Crippen molar-refractivity contribution in [2.75, 3.05) is 12.4 Å². The zero-order chi connectivity index (χ0) is 24.4. The van der Waals surface area contributed by atoms with Crippen LogP contribution in [-0.2, 0) is 23.8 Å². The smallest absolute Gasteiger partial charge is 0.192 e. The molecule has 1 spiro atoms. The van der Waals surface area contributed by atoms with Gasteiger partial charge < -0.3 is 9.16 Å². The maximum atomic E-state index is 13.9. The molecule has 2 saturated heterocycles. The lowest BCUT2D eigenvalue weighted by molar-refractivity contribution is -0.126. The molecule has 2 bridgehead atoms. The number of Topliss-reactive ketones (excluding diaryl/α,β-unsaturated/α-hetero) is 1. The first-order chi connectivity index (χ1) is 15.0. The largest absolute Gasteiger partial charge is 0.414 e. The van der Waals surface area contributed by atoms with E-state index in [2.05, 4.69) is 54.6 Å². The Morgan fingerprint density at radius 3 is 2.45 bits per heavy atom. The summed E-state index contributed by atoms with van der Waals surface area (Å²) in [4.78, 5) is 13.9. The first-order valence-electron chi connectivity index (χ1n) is 13.0. The van der Waals surface area contributed by atoms with Crippen LogP contribution in [0.2, 0.25) is 18.1 Å². The second-order valence-corrected chi connectivity index (χ2v) is 21.3. The molecular weight excluding hydrogens is 452 g/mol. The second-order valence-electron chi connectivity index (χ2n) is 14.3. The topological polar surface area (TPSA) is 73.0 Å². The fourth-order valence-electron chi connectivity index (χ4n) is 8.14. The van der Waals surface area contributed by atoms with Crippen molar-refractivity contribution in [2.24, 2.45) is 34.5 Å². The monoisotopic (exact) mass is 496 g/mol. The third-order valence-electron chi connectivity index (χ3n) is 11.6. The number of epoxide rings is 1. The summed E-state index contributed by atoms with van der Waals surface area (Å²) >= 11 is 0. The molecule has 0 N–H and O–H groups in total. The van der Waals surface area contributed by atoms with Crippen LogP contribution >= 0.6 is 0 Å². The quantitative estimate of drug-likeness (QED) is 0.396. The molecule has 0 aromatic heterocycles. The molecular formula is C26H44O5SSi. The molecule has 7 heteroatoms. The van der Waals surface area contributed by atoms with E-state index in [1.165, 1.54) is 0 Å². The van der Waals surface area contributed by atoms with E-state index in [0.29, 0.717) is 18.9 Å². The van der Waals surface area contributed by atoms with Gasteiger partial charge in [-0.3, -0.25) is 4.79 Å². The van der Waals surface area contributed by atoms with Gasteiger partial charge >= 0.3 is 0 Å². The number of carbonyl (C=O) groups is 1. The highest BCUT2D eigenvalue weighted by Crippen LogP contribution is 2.73. The van der Waals surface area contributed by atoms with Gasteiger partial charge in [-0.1, -0.05) is 41.5 Å². The van der Waals surface area contributed by atoms with Crippen LogP contribution in [0.3, 0.4) is 0 Å². The SMILES string of the molecule is C[C@H]1C[C@]2(CO[Si](C)(C)C(C)(C)C)O[C@@H]2C[C@@H]1C(=O)C1C2CC3CCC2(CS1(=O)=O)C3(C)C. The molecule has 0 amide bonds. The lowest BCUT2D eigenvalue weighted by atomic mass is 9.64. The minimum atomic E-state index is -3.41. The standard InChI is InChI=1S/C26H44O5SSi/c1-16-13-26(14-30-33(7,8)23(2,3)4)20(31-26)12-18(16)21(27)22-19-11-17-9-10-25(19,24(17,5)6)15-32(22,28)29/h16-20,22H,9-15H2,1-8H3/t16-,17?,18-,19?,20+,22?,25?,26+/m0/s1. The fourth-order valence-corrected chi connectivity index (χ4v) is 12.2. The average molecular weight is 497 g/mol. The summed E-state index contributed by atoms with van der Waals surface area (Å²) < 4.78 is 39.6. The zero-order valence-corrected chi connectivity index (χ0v) is 23.7. The normalized spacial score (nSPS) is 47.3. The van der Waals surface area contributed by atoms with Gasteiger partial charge in [-0.05, 0) is 78.8 Å². The Morgan fingerprint density at radius 1 is 1.18 bits per heavy atom. The highest BCUT2D eigenvalue weighted by Gasteiger charge is 2.73. The van der Waals surface area contributed by atoms with Crippen molar-refractivity contribution in [3.8, 4) is 0 Å². The number of rotatable bonds is 5. The number of hydrogen-bond donors (Lipinski definition) is 0. The maximum absolute atomic E-state index is 13.9. The van der Waals surface area contributed by atoms with E-state index in [4.69, 9.17) is 9.16 Å². The van der Waals surface area contributed by atoms with Crippen molar-refractivity contribution in [3.63, 3.8) is 0 Å². The van der Waals surface area contributed by atoms with E-state index in [1.54, 1.807) is 0 Å². The molecule has 8 atom stereocenters. The van der Waals surface area contributed by atoms with Gasteiger partial charge in [-0.25, -0.2) is 8.42 Å². The van der Waals surface area contributed by atoms with Crippen LogP contribution in [0.1, 0.15) is 73.6 Å². The van der Waals surface area contributed by atoms with Gasteiger partial charge in [0.2, 0.25) is 0 Å². The highest BCUT2D eigenvalue weighted by atomic mass is 32.2. The maximum Gasteiger partial charge on any atom is 0.192 e. The molecule has 3 aliphatic carbocycles. The minimum Gasteiger partial charge on any atom is -0.414 e. The highest BCUT2D eigenvalue weighted by molar-refractivity contribution is 7.93. The molecule has 5 rings (SSSR count). The number of sulfone groups is 1. The van der Waals surface area contributed by atoms with Crippen LogP contribution < -0.4 is 0 Å². The van der Waals surface area contributed by atoms with Crippen molar-refractivity contribution < 1.29 is 22.4 Å². The van der Waals surface area contributed by atoms with E-state index in [1.807, 2.05) is 0 Å². The molecule has 5 fully saturated rings. The predicted molar refractivity (Wildman–Crippen MR) is 132 cm³/mol. The summed E-state index contributed by atoms with van der Waals surface area (Å²) in [5.41, 5.74) is -0.435. The van der Waals surface area contributed by atoms with E-state index >= 15 is 0 Å². The van der Waals surface area contributed by atoms with E-state index in [9.17, 15) is 13.2 Å². The Morgan fingerprint density at radius 2 is 1.85 bits per heavy atom. The Hall–Kier alpha value is -0.243. The van der Waals surface area contributed by atoms with E-state index < -0.39 is 23.4 Å². The summed E-state index contributed by atoms with van der Waals surface area (Å²) in [6.07, 6.45) is 4.47. The summed E-state index contributed by atoms with van der Waals surface area (Å²) in [5.74, 6) is 0.708. The second kappa shape index (κ2) is 6.95. The first-order valence-corrected chi connectivity index (χ1v) is 17.7. The summed E-state index contributed by atoms with van der Waals surface area (Å²) in [7, 11) is -5.28. The average Bonchev–Trinajstić information content (AvgIpc) is 3.17. The van der Waals surface area contributed by atoms with Crippen LogP contribution in [0.15, 0.2) is 0 Å². The van der Waals surface area contributed by atoms with Crippen LogP contribution in [0.25, 0.3) is 0 Å². The van der Waals surface area contributed by atoms with Gasteiger partial charge in [0.1, 0.15) is 10.9 Å². The number of hydrogen-bond acceptors (Lipinski definition) is 5. The summed E-state index contributed by atoms with van der Waals surface area (Å²) in [6, 6.07) is 0. The Labute approximate surface area is 201 Å². The molecule has 5 nitrogen and oxygen atoms in total. The Kier molecular flexibility index (Phi) is 5.15. The van der Waals surface area contributed by atoms with Gasteiger partial charge in [-0.15, -0.1) is 0 Å². The number of fused-ring (bicyclic) bond motifs is 2. The zero-order valence-electron chi connectivity index (χ0n) is 21.9. The Balaban J connectivity index is 1.31. The van der Waals surface area contributed by atoms with Crippen LogP contribution in [0.4, 0.5) is 0 Å². The number of carbonyl (C=O) groups excluding carboxylic acids is 1. The summed E-state index contributed by atoms with van der Waals surface area (Å²) in [6.45, 7) is 18.5.